The summed E-state index contributed by atoms with van der Waals surface area (Å²) in [6.07, 6.45) is 0. The number of thiazole rings is 1. The van der Waals surface area contributed by atoms with E-state index < -0.39 is 16.0 Å². The van der Waals surface area contributed by atoms with Crippen LogP contribution in [0, 0.1) is 0 Å². The number of hydrogen-bond acceptors (Lipinski definition) is 7. The Morgan fingerprint density at radius 2 is 1.68 bits per heavy atom. The summed E-state index contributed by atoms with van der Waals surface area (Å²) in [5, 5.41) is 9.12. The fourth-order valence-corrected chi connectivity index (χ4v) is 5.38. The molecule has 31 heavy (non-hydrogen) atoms. The van der Waals surface area contributed by atoms with Crippen molar-refractivity contribution in [3.05, 3.63) is 53.6 Å². The van der Waals surface area contributed by atoms with E-state index in [9.17, 15) is 18.0 Å². The molecule has 0 aliphatic carbocycles. The number of benzene rings is 2. The van der Waals surface area contributed by atoms with Crippen LogP contribution in [0.3, 0.4) is 0 Å². The van der Waals surface area contributed by atoms with E-state index in [1.54, 1.807) is 18.2 Å². The van der Waals surface area contributed by atoms with Gasteiger partial charge in [0.1, 0.15) is 0 Å². The number of amides is 1. The van der Waals surface area contributed by atoms with Gasteiger partial charge < -0.3 is 14.9 Å². The van der Waals surface area contributed by atoms with Crippen LogP contribution in [0.15, 0.2) is 47.4 Å². The molecule has 1 amide bonds. The first-order chi connectivity index (χ1) is 14.7. The molecule has 0 unspecified atom stereocenters. The Morgan fingerprint density at radius 1 is 1.03 bits per heavy atom. The number of aromatic carboxylic acids is 1. The first kappa shape index (κ1) is 21.2. The largest absolute Gasteiger partial charge is 0.478 e. The lowest BCUT2D eigenvalue weighted by molar-refractivity contribution is 0.0662. The van der Waals surface area contributed by atoms with Gasteiger partial charge in [-0.1, -0.05) is 11.3 Å². The van der Waals surface area contributed by atoms with Gasteiger partial charge in [-0.2, -0.15) is 0 Å². The molecular weight excluding hydrogens is 440 g/mol. The Bertz CT molecular complexity index is 1250. The van der Waals surface area contributed by atoms with E-state index >= 15 is 0 Å². The molecule has 1 aliphatic heterocycles. The minimum Gasteiger partial charge on any atom is -0.478 e. The molecule has 0 atom stereocenters. The number of anilines is 1. The summed E-state index contributed by atoms with van der Waals surface area (Å²) in [6.45, 7) is 2.99. The number of nitrogens with one attached hydrogen (secondary N) is 1. The van der Waals surface area contributed by atoms with E-state index in [-0.39, 0.29) is 21.5 Å². The van der Waals surface area contributed by atoms with Gasteiger partial charge in [0.2, 0.25) is 0 Å². The summed E-state index contributed by atoms with van der Waals surface area (Å²) in [7, 11) is -1.90. The Labute approximate surface area is 183 Å². The van der Waals surface area contributed by atoms with Crippen LogP contribution in [0.2, 0.25) is 0 Å². The molecule has 1 aromatic heterocycles. The number of rotatable bonds is 5. The van der Waals surface area contributed by atoms with Gasteiger partial charge in [-0.05, 0) is 49.5 Å². The molecule has 162 valence electrons. The Morgan fingerprint density at radius 3 is 2.32 bits per heavy atom. The SMILES string of the molecule is CN1CCN(C(=O)c2ccc3nc(NS(=O)(=O)c4ccc(C(=O)O)cc4)sc3c2)CC1. The lowest BCUT2D eigenvalue weighted by Crippen LogP contribution is -2.47. The number of fused-ring (bicyclic) bond motifs is 1. The van der Waals surface area contributed by atoms with Gasteiger partial charge in [-0.15, -0.1) is 0 Å². The molecule has 9 nitrogen and oxygen atoms in total. The van der Waals surface area contributed by atoms with Gasteiger partial charge in [0, 0.05) is 31.7 Å². The van der Waals surface area contributed by atoms with Crippen LogP contribution >= 0.6 is 11.3 Å². The monoisotopic (exact) mass is 460 g/mol. The minimum absolute atomic E-state index is 0.00326. The maximum atomic E-state index is 12.8. The van der Waals surface area contributed by atoms with Crippen LogP contribution in [0.4, 0.5) is 5.13 Å². The standard InChI is InChI=1S/C20H20N4O5S2/c1-23-8-10-24(11-9-23)18(25)14-4-7-16-17(12-14)30-20(21-16)22-31(28,29)15-5-2-13(3-6-15)19(26)27/h2-7,12H,8-11H2,1H3,(H,21,22)(H,26,27). The number of carboxylic acid groups (broad SMARTS) is 1. The average Bonchev–Trinajstić information content (AvgIpc) is 3.14. The molecule has 1 saturated heterocycles. The zero-order valence-electron chi connectivity index (χ0n) is 16.6. The molecule has 1 aliphatic rings. The molecule has 0 saturated carbocycles. The molecule has 3 aromatic rings. The van der Waals surface area contributed by atoms with Crippen LogP contribution in [0.25, 0.3) is 10.2 Å². The van der Waals surface area contributed by atoms with Crippen molar-refractivity contribution in [2.24, 2.45) is 0 Å². The van der Waals surface area contributed by atoms with Crippen molar-refractivity contribution in [1.29, 1.82) is 0 Å². The molecule has 11 heteroatoms. The van der Waals surface area contributed by atoms with Crippen LogP contribution in [-0.2, 0) is 10.0 Å². The molecule has 2 heterocycles. The average molecular weight is 461 g/mol. The predicted molar refractivity (Wildman–Crippen MR) is 117 cm³/mol. The lowest BCUT2D eigenvalue weighted by Gasteiger charge is -2.32. The van der Waals surface area contributed by atoms with Gasteiger partial charge in [0.05, 0.1) is 20.7 Å². The summed E-state index contributed by atoms with van der Waals surface area (Å²) in [4.78, 5) is 31.9. The number of sulfonamides is 1. The number of likely N-dealkylation sites (N-methyl/N-ethyl adjacent to an activating group) is 1. The van der Waals surface area contributed by atoms with Gasteiger partial charge in [-0.3, -0.25) is 9.52 Å². The Hall–Kier alpha value is -3.02. The van der Waals surface area contributed by atoms with E-state index in [0.29, 0.717) is 28.9 Å². The second kappa shape index (κ2) is 8.25. The van der Waals surface area contributed by atoms with Crippen molar-refractivity contribution >= 4 is 48.6 Å². The molecule has 0 bridgehead atoms. The lowest BCUT2D eigenvalue weighted by atomic mass is 10.1. The number of nitrogens with zero attached hydrogens (tertiary/aromatic N) is 3. The Kier molecular flexibility index (Phi) is 5.65. The van der Waals surface area contributed by atoms with Gasteiger partial charge >= 0.3 is 5.97 Å². The van der Waals surface area contributed by atoms with Gasteiger partial charge in [0.25, 0.3) is 15.9 Å². The quantitative estimate of drug-likeness (QED) is 0.599. The smallest absolute Gasteiger partial charge is 0.335 e. The first-order valence-corrected chi connectivity index (χ1v) is 11.8. The summed E-state index contributed by atoms with van der Waals surface area (Å²) in [5.74, 6) is -1.19. The second-order valence-corrected chi connectivity index (χ2v) is 9.95. The van der Waals surface area contributed by atoms with Crippen LogP contribution in [0.5, 0.6) is 0 Å². The maximum absolute atomic E-state index is 12.8. The van der Waals surface area contributed by atoms with Crippen molar-refractivity contribution in [2.45, 2.75) is 4.90 Å². The zero-order valence-corrected chi connectivity index (χ0v) is 18.2. The number of carbonyl (C=O) groups is 2. The molecule has 2 N–H and O–H groups in total. The van der Waals surface area contributed by atoms with Gasteiger partial charge in [0.15, 0.2) is 5.13 Å². The first-order valence-electron chi connectivity index (χ1n) is 9.47. The highest BCUT2D eigenvalue weighted by molar-refractivity contribution is 7.93. The third-order valence-electron chi connectivity index (χ3n) is 5.06. The number of piperazine rings is 1. The third-order valence-corrected chi connectivity index (χ3v) is 7.48. The normalized spacial score (nSPS) is 15.2. The maximum Gasteiger partial charge on any atom is 0.335 e. The fraction of sp³-hybridized carbons (Fsp3) is 0.250. The fourth-order valence-electron chi connectivity index (χ4n) is 3.24. The van der Waals surface area contributed by atoms with E-state index in [1.807, 2.05) is 11.9 Å². The van der Waals surface area contributed by atoms with E-state index in [0.717, 1.165) is 24.4 Å². The summed E-state index contributed by atoms with van der Waals surface area (Å²) < 4.78 is 28.3. The number of aromatic nitrogens is 1. The third kappa shape index (κ3) is 4.53. The van der Waals surface area contributed by atoms with E-state index in [2.05, 4.69) is 14.6 Å². The van der Waals surface area contributed by atoms with E-state index in [1.165, 1.54) is 24.3 Å². The topological polar surface area (TPSA) is 120 Å². The van der Waals surface area contributed by atoms with Crippen molar-refractivity contribution < 1.29 is 23.1 Å². The number of carboxylic acids is 1. The highest BCUT2D eigenvalue weighted by Gasteiger charge is 2.22. The van der Waals surface area contributed by atoms with Crippen LogP contribution in [0.1, 0.15) is 20.7 Å². The summed E-state index contributed by atoms with van der Waals surface area (Å²) >= 11 is 1.13. The summed E-state index contributed by atoms with van der Waals surface area (Å²) in [6, 6.07) is 10.0. The second-order valence-electron chi connectivity index (χ2n) is 7.23. The summed E-state index contributed by atoms with van der Waals surface area (Å²) in [5.41, 5.74) is 1.12. The minimum atomic E-state index is -3.93. The molecule has 4 rings (SSSR count). The Balaban J connectivity index is 1.54. The highest BCUT2D eigenvalue weighted by Crippen LogP contribution is 2.29. The van der Waals surface area contributed by atoms with Crippen molar-refractivity contribution in [1.82, 2.24) is 14.8 Å². The van der Waals surface area contributed by atoms with Crippen molar-refractivity contribution in [3.8, 4) is 0 Å². The number of hydrogen-bond donors (Lipinski definition) is 2. The van der Waals surface area contributed by atoms with Crippen molar-refractivity contribution in [2.75, 3.05) is 37.9 Å². The molecule has 0 radical (unpaired) electrons. The van der Waals surface area contributed by atoms with E-state index in [4.69, 9.17) is 5.11 Å². The molecular formula is C20H20N4O5S2. The highest BCUT2D eigenvalue weighted by atomic mass is 32.2. The molecule has 2 aromatic carbocycles. The molecule has 1 fully saturated rings. The van der Waals surface area contributed by atoms with Crippen LogP contribution < -0.4 is 4.72 Å². The van der Waals surface area contributed by atoms with Gasteiger partial charge in [-0.25, -0.2) is 18.2 Å². The molecule has 0 spiro atoms. The van der Waals surface area contributed by atoms with Crippen LogP contribution in [-0.4, -0.2) is 73.4 Å². The number of carbonyl (C=O) groups excluding carboxylic acids is 1. The van der Waals surface area contributed by atoms with Crippen molar-refractivity contribution in [3.63, 3.8) is 0 Å². The predicted octanol–water partition coefficient (Wildman–Crippen LogP) is 2.18. The zero-order chi connectivity index (χ0) is 22.2.